The molecule has 1 aromatic carbocycles. The molecular formula is C19H28N2O3. The van der Waals surface area contributed by atoms with Crippen LogP contribution in [0.4, 0.5) is 0 Å². The summed E-state index contributed by atoms with van der Waals surface area (Å²) in [6, 6.07) is 7.52. The molecule has 0 aromatic heterocycles. The van der Waals surface area contributed by atoms with Crippen molar-refractivity contribution < 1.29 is 14.6 Å². The molecule has 24 heavy (non-hydrogen) atoms. The third-order valence-electron chi connectivity index (χ3n) is 5.37. The number of aromatic hydroxyl groups is 1. The van der Waals surface area contributed by atoms with Crippen molar-refractivity contribution >= 4 is 5.91 Å². The zero-order valence-corrected chi connectivity index (χ0v) is 14.5. The summed E-state index contributed by atoms with van der Waals surface area (Å²) in [5, 5.41) is 9.66. The van der Waals surface area contributed by atoms with Gasteiger partial charge in [0.1, 0.15) is 5.75 Å². The van der Waals surface area contributed by atoms with Crippen LogP contribution in [0.15, 0.2) is 24.3 Å². The minimum absolute atomic E-state index is 0.219. The molecule has 132 valence electrons. The monoisotopic (exact) mass is 332 g/mol. The molecule has 0 bridgehead atoms. The van der Waals surface area contributed by atoms with Gasteiger partial charge in [-0.3, -0.25) is 9.69 Å². The summed E-state index contributed by atoms with van der Waals surface area (Å²) >= 11 is 0. The third-order valence-corrected chi connectivity index (χ3v) is 5.37. The van der Waals surface area contributed by atoms with Crippen molar-refractivity contribution in [3.63, 3.8) is 0 Å². The number of likely N-dealkylation sites (tertiary alicyclic amines) is 2. The van der Waals surface area contributed by atoms with Crippen molar-refractivity contribution in [1.82, 2.24) is 9.80 Å². The van der Waals surface area contributed by atoms with Crippen LogP contribution in [0.5, 0.6) is 5.75 Å². The molecule has 5 nitrogen and oxygen atoms in total. The van der Waals surface area contributed by atoms with Gasteiger partial charge >= 0.3 is 0 Å². The molecule has 1 atom stereocenters. The number of hydrogen-bond donors (Lipinski definition) is 1. The lowest BCUT2D eigenvalue weighted by molar-refractivity contribution is -0.140. The van der Waals surface area contributed by atoms with Gasteiger partial charge in [-0.2, -0.15) is 0 Å². The van der Waals surface area contributed by atoms with Gasteiger partial charge in [0.05, 0.1) is 6.61 Å². The SMILES string of the molecule is COCCN1CC2(CCCN(Cc3cccc(O)c3)C2)CCC1=O. The average Bonchev–Trinajstić information content (AvgIpc) is 2.56. The van der Waals surface area contributed by atoms with Crippen molar-refractivity contribution in [3.05, 3.63) is 29.8 Å². The molecule has 0 radical (unpaired) electrons. The van der Waals surface area contributed by atoms with Gasteiger partial charge in [-0.1, -0.05) is 12.1 Å². The van der Waals surface area contributed by atoms with Crippen molar-refractivity contribution in [1.29, 1.82) is 0 Å². The van der Waals surface area contributed by atoms with Crippen LogP contribution in [0.1, 0.15) is 31.2 Å². The standard InChI is InChI=1S/C19H28N2O3/c1-24-11-10-21-15-19(8-6-18(21)23)7-3-9-20(14-19)13-16-4-2-5-17(22)12-16/h2,4-5,12,22H,3,6-11,13-15H2,1H3. The molecule has 3 rings (SSSR count). The van der Waals surface area contributed by atoms with Gasteiger partial charge in [0.15, 0.2) is 0 Å². The minimum Gasteiger partial charge on any atom is -0.508 e. The molecule has 0 aliphatic carbocycles. The smallest absolute Gasteiger partial charge is 0.222 e. The largest absolute Gasteiger partial charge is 0.508 e. The van der Waals surface area contributed by atoms with Crippen LogP contribution in [0, 0.1) is 5.41 Å². The molecule has 0 saturated carbocycles. The maximum atomic E-state index is 12.2. The lowest BCUT2D eigenvalue weighted by atomic mass is 9.73. The van der Waals surface area contributed by atoms with E-state index in [4.69, 9.17) is 4.74 Å². The molecule has 2 aliphatic rings. The number of phenols is 1. The molecular weight excluding hydrogens is 304 g/mol. The normalized spacial score (nSPS) is 25.4. The van der Waals surface area contributed by atoms with E-state index in [9.17, 15) is 9.90 Å². The third kappa shape index (κ3) is 4.08. The number of rotatable bonds is 5. The van der Waals surface area contributed by atoms with Crippen LogP contribution in [-0.4, -0.2) is 60.7 Å². The van der Waals surface area contributed by atoms with Crippen LogP contribution in [0.25, 0.3) is 0 Å². The second kappa shape index (κ2) is 7.53. The first kappa shape index (κ1) is 17.2. The van der Waals surface area contributed by atoms with Gasteiger partial charge < -0.3 is 14.7 Å². The summed E-state index contributed by atoms with van der Waals surface area (Å²) in [5.74, 6) is 0.594. The first-order chi connectivity index (χ1) is 11.6. The van der Waals surface area contributed by atoms with E-state index in [0.29, 0.717) is 25.3 Å². The predicted molar refractivity (Wildman–Crippen MR) is 92.7 cm³/mol. The highest BCUT2D eigenvalue weighted by Crippen LogP contribution is 2.39. The zero-order chi connectivity index (χ0) is 17.0. The lowest BCUT2D eigenvalue weighted by Gasteiger charge is -2.48. The maximum absolute atomic E-state index is 12.2. The Morgan fingerprint density at radius 1 is 1.29 bits per heavy atom. The van der Waals surface area contributed by atoms with E-state index in [0.717, 1.165) is 38.2 Å². The highest BCUT2D eigenvalue weighted by atomic mass is 16.5. The van der Waals surface area contributed by atoms with Crippen LogP contribution in [0.3, 0.4) is 0 Å². The Hall–Kier alpha value is -1.59. The van der Waals surface area contributed by atoms with E-state index >= 15 is 0 Å². The van der Waals surface area contributed by atoms with E-state index in [1.54, 1.807) is 13.2 Å². The average molecular weight is 332 g/mol. The van der Waals surface area contributed by atoms with Gasteiger partial charge in [-0.25, -0.2) is 0 Å². The second-order valence-corrected chi connectivity index (χ2v) is 7.29. The van der Waals surface area contributed by atoms with Crippen LogP contribution < -0.4 is 0 Å². The highest BCUT2D eigenvalue weighted by molar-refractivity contribution is 5.77. The number of carbonyl (C=O) groups excluding carboxylic acids is 1. The van der Waals surface area contributed by atoms with E-state index in [2.05, 4.69) is 11.0 Å². The molecule has 2 saturated heterocycles. The van der Waals surface area contributed by atoms with Gasteiger partial charge in [0.2, 0.25) is 5.91 Å². The minimum atomic E-state index is 0.219. The number of methoxy groups -OCH3 is 1. The van der Waals surface area contributed by atoms with E-state index in [1.165, 1.54) is 12.8 Å². The number of nitrogens with zero attached hydrogens (tertiary/aromatic N) is 2. The number of amides is 1. The van der Waals surface area contributed by atoms with Gasteiger partial charge in [-0.15, -0.1) is 0 Å². The van der Waals surface area contributed by atoms with Gasteiger partial charge in [0, 0.05) is 45.1 Å². The molecule has 2 fully saturated rings. The van der Waals surface area contributed by atoms with E-state index in [-0.39, 0.29) is 11.3 Å². The summed E-state index contributed by atoms with van der Waals surface area (Å²) < 4.78 is 5.15. The number of piperidine rings is 2. The Labute approximate surface area is 144 Å². The summed E-state index contributed by atoms with van der Waals surface area (Å²) in [6.45, 7) is 5.13. The first-order valence-electron chi connectivity index (χ1n) is 8.87. The molecule has 1 N–H and O–H groups in total. The number of hydrogen-bond acceptors (Lipinski definition) is 4. The van der Waals surface area contributed by atoms with Gasteiger partial charge in [-0.05, 0) is 43.5 Å². The number of ether oxygens (including phenoxy) is 1. The number of phenolic OH excluding ortho intramolecular Hbond substituents is 1. The second-order valence-electron chi connectivity index (χ2n) is 7.29. The Balaban J connectivity index is 1.64. The van der Waals surface area contributed by atoms with Crippen LogP contribution in [0.2, 0.25) is 0 Å². The van der Waals surface area contributed by atoms with Crippen LogP contribution in [-0.2, 0) is 16.1 Å². The lowest BCUT2D eigenvalue weighted by Crippen LogP contribution is -2.54. The van der Waals surface area contributed by atoms with Crippen molar-refractivity contribution in [2.24, 2.45) is 5.41 Å². The summed E-state index contributed by atoms with van der Waals surface area (Å²) in [7, 11) is 1.68. The molecule has 1 amide bonds. The zero-order valence-electron chi connectivity index (χ0n) is 14.5. The van der Waals surface area contributed by atoms with E-state index in [1.807, 2.05) is 17.0 Å². The Kier molecular flexibility index (Phi) is 5.41. The first-order valence-corrected chi connectivity index (χ1v) is 8.87. The molecule has 5 heteroatoms. The quantitative estimate of drug-likeness (QED) is 0.898. The summed E-state index contributed by atoms with van der Waals surface area (Å²) in [6.07, 6.45) is 4.01. The van der Waals surface area contributed by atoms with E-state index < -0.39 is 0 Å². The number of carbonyl (C=O) groups is 1. The van der Waals surface area contributed by atoms with Crippen LogP contribution >= 0.6 is 0 Å². The van der Waals surface area contributed by atoms with Crippen molar-refractivity contribution in [2.75, 3.05) is 39.9 Å². The fourth-order valence-electron chi connectivity index (χ4n) is 4.20. The molecule has 1 unspecified atom stereocenters. The maximum Gasteiger partial charge on any atom is 0.222 e. The topological polar surface area (TPSA) is 53.0 Å². The van der Waals surface area contributed by atoms with Gasteiger partial charge in [0.25, 0.3) is 0 Å². The summed E-state index contributed by atoms with van der Waals surface area (Å²) in [5.41, 5.74) is 1.37. The highest BCUT2D eigenvalue weighted by Gasteiger charge is 2.41. The number of benzene rings is 1. The Morgan fingerprint density at radius 2 is 2.17 bits per heavy atom. The fraction of sp³-hybridized carbons (Fsp3) is 0.632. The fourth-order valence-corrected chi connectivity index (χ4v) is 4.20. The molecule has 2 aliphatic heterocycles. The van der Waals surface area contributed by atoms with Crippen molar-refractivity contribution in [2.45, 2.75) is 32.2 Å². The van der Waals surface area contributed by atoms with Crippen molar-refractivity contribution in [3.8, 4) is 5.75 Å². The Bertz CT molecular complexity index is 577. The summed E-state index contributed by atoms with van der Waals surface area (Å²) in [4.78, 5) is 16.6. The molecule has 1 aromatic rings. The molecule has 1 spiro atoms. The Morgan fingerprint density at radius 3 is 2.96 bits per heavy atom. The molecule has 2 heterocycles. The predicted octanol–water partition coefficient (Wildman–Crippen LogP) is 2.24.